The van der Waals surface area contributed by atoms with Crippen LogP contribution in [0.25, 0.3) is 0 Å². The number of amides is 2. The molecule has 24 heavy (non-hydrogen) atoms. The first kappa shape index (κ1) is 16.9. The Balaban J connectivity index is 1.65. The molecule has 0 radical (unpaired) electrons. The van der Waals surface area contributed by atoms with Gasteiger partial charge < -0.3 is 15.4 Å². The van der Waals surface area contributed by atoms with Crippen molar-refractivity contribution in [1.82, 2.24) is 0 Å². The molecule has 2 N–H and O–H groups in total. The maximum absolute atomic E-state index is 12.2. The molecule has 0 bridgehead atoms. The summed E-state index contributed by atoms with van der Waals surface area (Å²) < 4.78 is 6.09. The van der Waals surface area contributed by atoms with Crippen molar-refractivity contribution in [1.29, 1.82) is 0 Å². The van der Waals surface area contributed by atoms with Gasteiger partial charge in [-0.2, -0.15) is 0 Å². The fourth-order valence-corrected chi connectivity index (χ4v) is 3.66. The average Bonchev–Trinajstić information content (AvgIpc) is 2.57. The summed E-state index contributed by atoms with van der Waals surface area (Å²) in [5.74, 6) is 0.315. The number of anilines is 2. The molecule has 7 heteroatoms. The topological polar surface area (TPSA) is 67.4 Å². The lowest BCUT2D eigenvalue weighted by Gasteiger charge is -2.24. The third-order valence-electron chi connectivity index (χ3n) is 3.51. The quantitative estimate of drug-likeness (QED) is 0.807. The molecule has 1 aliphatic rings. The minimum atomic E-state index is -0.457. The van der Waals surface area contributed by atoms with Crippen LogP contribution in [0.2, 0.25) is 0 Å². The smallest absolute Gasteiger partial charge is 0.238 e. The van der Waals surface area contributed by atoms with Crippen LogP contribution in [0.1, 0.15) is 6.42 Å². The SMILES string of the molecule is COc1ccc2c(c1)NC(=O)C(CC(=O)Nc1ccc(Br)cc1)S2. The van der Waals surface area contributed by atoms with Gasteiger partial charge in [0.2, 0.25) is 11.8 Å². The molecule has 0 spiro atoms. The first-order valence-electron chi connectivity index (χ1n) is 7.26. The van der Waals surface area contributed by atoms with E-state index in [1.54, 1.807) is 25.3 Å². The predicted molar refractivity (Wildman–Crippen MR) is 98.7 cm³/mol. The lowest BCUT2D eigenvalue weighted by atomic mass is 10.2. The average molecular weight is 407 g/mol. The van der Waals surface area contributed by atoms with E-state index in [-0.39, 0.29) is 18.2 Å². The molecule has 1 aliphatic heterocycles. The fourth-order valence-electron chi connectivity index (χ4n) is 2.30. The molecule has 2 aromatic carbocycles. The molecule has 2 amide bonds. The van der Waals surface area contributed by atoms with Crippen molar-refractivity contribution in [2.24, 2.45) is 0 Å². The maximum atomic E-state index is 12.2. The van der Waals surface area contributed by atoms with Crippen LogP contribution < -0.4 is 15.4 Å². The highest BCUT2D eigenvalue weighted by atomic mass is 79.9. The number of nitrogens with one attached hydrogen (secondary N) is 2. The summed E-state index contributed by atoms with van der Waals surface area (Å²) in [6.07, 6.45) is 0.109. The van der Waals surface area contributed by atoms with Gasteiger partial charge in [0.15, 0.2) is 0 Å². The van der Waals surface area contributed by atoms with Crippen molar-refractivity contribution in [3.63, 3.8) is 0 Å². The number of carbonyl (C=O) groups excluding carboxylic acids is 2. The zero-order valence-corrected chi connectivity index (χ0v) is 15.2. The Hall–Kier alpha value is -1.99. The summed E-state index contributed by atoms with van der Waals surface area (Å²) in [7, 11) is 1.58. The molecular weight excluding hydrogens is 392 g/mol. The molecule has 0 saturated heterocycles. The Kier molecular flexibility index (Phi) is 5.11. The second-order valence-corrected chi connectivity index (χ2v) is 7.38. The number of hydrogen-bond donors (Lipinski definition) is 2. The van der Waals surface area contributed by atoms with Gasteiger partial charge in [-0.1, -0.05) is 15.9 Å². The van der Waals surface area contributed by atoms with Crippen molar-refractivity contribution in [2.45, 2.75) is 16.6 Å². The van der Waals surface area contributed by atoms with Crippen LogP contribution in [0.3, 0.4) is 0 Å². The molecule has 0 fully saturated rings. The minimum Gasteiger partial charge on any atom is -0.497 e. The molecule has 5 nitrogen and oxygen atoms in total. The number of rotatable bonds is 4. The van der Waals surface area contributed by atoms with Crippen molar-refractivity contribution in [3.05, 3.63) is 46.9 Å². The van der Waals surface area contributed by atoms with Crippen LogP contribution in [-0.4, -0.2) is 24.2 Å². The monoisotopic (exact) mass is 406 g/mol. The molecule has 0 saturated carbocycles. The van der Waals surface area contributed by atoms with E-state index in [1.807, 2.05) is 24.3 Å². The standard InChI is InChI=1S/C17H15BrN2O3S/c1-23-12-6-7-14-13(8-12)20-17(22)15(24-14)9-16(21)19-11-4-2-10(18)3-5-11/h2-8,15H,9H2,1H3,(H,19,21)(H,20,22). The maximum Gasteiger partial charge on any atom is 0.238 e. The Labute approximate surface area is 152 Å². The lowest BCUT2D eigenvalue weighted by molar-refractivity contribution is -0.120. The molecule has 3 rings (SSSR count). The van der Waals surface area contributed by atoms with Crippen LogP contribution >= 0.6 is 27.7 Å². The molecule has 2 aromatic rings. The Bertz CT molecular complexity index is 780. The molecule has 0 aliphatic carbocycles. The van der Waals surface area contributed by atoms with Crippen LogP contribution in [0.15, 0.2) is 51.8 Å². The number of hydrogen-bond acceptors (Lipinski definition) is 4. The van der Waals surface area contributed by atoms with E-state index in [0.717, 1.165) is 9.37 Å². The number of methoxy groups -OCH3 is 1. The van der Waals surface area contributed by atoms with Gasteiger partial charge in [-0.05, 0) is 36.4 Å². The Morgan fingerprint density at radius 3 is 2.75 bits per heavy atom. The second kappa shape index (κ2) is 7.27. The molecule has 124 valence electrons. The molecule has 0 aromatic heterocycles. The summed E-state index contributed by atoms with van der Waals surface area (Å²) in [4.78, 5) is 25.3. The summed E-state index contributed by atoms with van der Waals surface area (Å²) in [6, 6.07) is 12.8. The number of halogens is 1. The highest BCUT2D eigenvalue weighted by Gasteiger charge is 2.29. The van der Waals surface area contributed by atoms with E-state index in [2.05, 4.69) is 26.6 Å². The predicted octanol–water partition coefficient (Wildman–Crippen LogP) is 3.90. The molecule has 1 unspecified atom stereocenters. The van der Waals surface area contributed by atoms with E-state index >= 15 is 0 Å². The summed E-state index contributed by atoms with van der Waals surface area (Å²) in [6.45, 7) is 0. The molecule has 1 heterocycles. The fraction of sp³-hybridized carbons (Fsp3) is 0.176. The van der Waals surface area contributed by atoms with E-state index in [0.29, 0.717) is 17.1 Å². The number of carbonyl (C=O) groups is 2. The first-order chi connectivity index (χ1) is 11.5. The Morgan fingerprint density at radius 2 is 2.04 bits per heavy atom. The van der Waals surface area contributed by atoms with E-state index in [4.69, 9.17) is 4.74 Å². The van der Waals surface area contributed by atoms with E-state index < -0.39 is 5.25 Å². The number of ether oxygens (including phenoxy) is 1. The van der Waals surface area contributed by atoms with Gasteiger partial charge in [0, 0.05) is 27.5 Å². The van der Waals surface area contributed by atoms with Crippen molar-refractivity contribution >= 4 is 50.9 Å². The zero-order valence-electron chi connectivity index (χ0n) is 12.8. The molecule has 1 atom stereocenters. The normalized spacial score (nSPS) is 16.1. The summed E-state index contributed by atoms with van der Waals surface area (Å²) >= 11 is 4.74. The van der Waals surface area contributed by atoms with E-state index in [1.165, 1.54) is 11.8 Å². The summed E-state index contributed by atoms with van der Waals surface area (Å²) in [5.41, 5.74) is 1.42. The Morgan fingerprint density at radius 1 is 1.29 bits per heavy atom. The third kappa shape index (κ3) is 3.91. The van der Waals surface area contributed by atoms with Crippen molar-refractivity contribution in [2.75, 3.05) is 17.7 Å². The van der Waals surface area contributed by atoms with Gasteiger partial charge in [0.1, 0.15) is 5.75 Å². The van der Waals surface area contributed by atoms with Gasteiger partial charge in [-0.15, -0.1) is 11.8 Å². The summed E-state index contributed by atoms with van der Waals surface area (Å²) in [5, 5.41) is 5.18. The van der Waals surface area contributed by atoms with Crippen LogP contribution in [-0.2, 0) is 9.59 Å². The second-order valence-electron chi connectivity index (χ2n) is 5.22. The van der Waals surface area contributed by atoms with Gasteiger partial charge in [-0.25, -0.2) is 0 Å². The lowest BCUT2D eigenvalue weighted by Crippen LogP contribution is -2.32. The van der Waals surface area contributed by atoms with Gasteiger partial charge >= 0.3 is 0 Å². The van der Waals surface area contributed by atoms with Crippen LogP contribution in [0.5, 0.6) is 5.75 Å². The first-order valence-corrected chi connectivity index (χ1v) is 8.93. The van der Waals surface area contributed by atoms with Gasteiger partial charge in [-0.3, -0.25) is 9.59 Å². The largest absolute Gasteiger partial charge is 0.497 e. The zero-order chi connectivity index (χ0) is 17.1. The molecular formula is C17H15BrN2O3S. The third-order valence-corrected chi connectivity index (χ3v) is 5.31. The number of fused-ring (bicyclic) bond motifs is 1. The van der Waals surface area contributed by atoms with Crippen LogP contribution in [0.4, 0.5) is 11.4 Å². The van der Waals surface area contributed by atoms with Crippen molar-refractivity contribution in [3.8, 4) is 5.75 Å². The van der Waals surface area contributed by atoms with Crippen molar-refractivity contribution < 1.29 is 14.3 Å². The van der Waals surface area contributed by atoms with Crippen LogP contribution in [0, 0.1) is 0 Å². The number of benzene rings is 2. The van der Waals surface area contributed by atoms with E-state index in [9.17, 15) is 9.59 Å². The highest BCUT2D eigenvalue weighted by Crippen LogP contribution is 2.38. The highest BCUT2D eigenvalue weighted by molar-refractivity contribution is 9.10. The van der Waals surface area contributed by atoms with Gasteiger partial charge in [0.25, 0.3) is 0 Å². The minimum absolute atomic E-state index is 0.109. The number of thioether (sulfide) groups is 1. The van der Waals surface area contributed by atoms with Gasteiger partial charge in [0.05, 0.1) is 18.0 Å².